The summed E-state index contributed by atoms with van der Waals surface area (Å²) in [5.41, 5.74) is 2.42. The van der Waals surface area contributed by atoms with Crippen LogP contribution in [0.3, 0.4) is 0 Å². The SMILES string of the molecule is C=C(/C=C(C)\C=C/CS)C(C)C. The van der Waals surface area contributed by atoms with E-state index in [1.165, 1.54) is 11.1 Å². The van der Waals surface area contributed by atoms with Crippen LogP contribution in [0.4, 0.5) is 0 Å². The summed E-state index contributed by atoms with van der Waals surface area (Å²) in [6, 6.07) is 0. The van der Waals surface area contributed by atoms with Crippen LogP contribution in [0.1, 0.15) is 20.8 Å². The summed E-state index contributed by atoms with van der Waals surface area (Å²) in [6.45, 7) is 10.3. The van der Waals surface area contributed by atoms with Crippen molar-refractivity contribution in [2.45, 2.75) is 20.8 Å². The van der Waals surface area contributed by atoms with Crippen molar-refractivity contribution in [3.8, 4) is 0 Å². The molecule has 0 amide bonds. The van der Waals surface area contributed by atoms with Crippen LogP contribution >= 0.6 is 12.6 Å². The van der Waals surface area contributed by atoms with Crippen LogP contribution in [0, 0.1) is 5.92 Å². The zero-order valence-electron chi connectivity index (χ0n) is 8.17. The first-order chi connectivity index (χ1) is 5.57. The van der Waals surface area contributed by atoms with E-state index in [4.69, 9.17) is 0 Å². The lowest BCUT2D eigenvalue weighted by atomic mass is 10.0. The molecule has 0 fully saturated rings. The zero-order chi connectivity index (χ0) is 9.56. The summed E-state index contributed by atoms with van der Waals surface area (Å²) in [6.07, 6.45) is 6.22. The van der Waals surface area contributed by atoms with Crippen LogP contribution in [0.15, 0.2) is 36.0 Å². The van der Waals surface area contributed by atoms with Crippen molar-refractivity contribution >= 4 is 12.6 Å². The van der Waals surface area contributed by atoms with Crippen LogP contribution in [0.2, 0.25) is 0 Å². The number of hydrogen-bond donors (Lipinski definition) is 1. The molecule has 0 aromatic carbocycles. The van der Waals surface area contributed by atoms with Gasteiger partial charge in [-0.25, -0.2) is 0 Å². The fraction of sp³-hybridized carbons (Fsp3) is 0.455. The molecule has 0 aliphatic carbocycles. The maximum Gasteiger partial charge on any atom is 0.00857 e. The van der Waals surface area contributed by atoms with Crippen molar-refractivity contribution < 1.29 is 0 Å². The molecule has 0 saturated heterocycles. The lowest BCUT2D eigenvalue weighted by molar-refractivity contribution is 0.794. The molecule has 0 aliphatic heterocycles. The summed E-state index contributed by atoms with van der Waals surface area (Å²) < 4.78 is 0. The van der Waals surface area contributed by atoms with E-state index in [1.54, 1.807) is 0 Å². The number of thiol groups is 1. The first kappa shape index (κ1) is 11.6. The molecule has 0 nitrogen and oxygen atoms in total. The molecule has 0 radical (unpaired) electrons. The Labute approximate surface area is 81.5 Å². The standard InChI is InChI=1S/C11H18S/c1-9(2)11(4)8-10(3)6-5-7-12/h5-6,8-9,12H,4,7H2,1-3H3/b6-5-,10-8-. The molecule has 0 aromatic heterocycles. The van der Waals surface area contributed by atoms with Gasteiger partial charge in [-0.3, -0.25) is 0 Å². The molecule has 68 valence electrons. The van der Waals surface area contributed by atoms with E-state index >= 15 is 0 Å². The van der Waals surface area contributed by atoms with Crippen LogP contribution < -0.4 is 0 Å². The van der Waals surface area contributed by atoms with E-state index < -0.39 is 0 Å². The third-order valence-electron chi connectivity index (χ3n) is 1.64. The Morgan fingerprint density at radius 2 is 2.08 bits per heavy atom. The number of allylic oxidation sites excluding steroid dienone is 4. The summed E-state index contributed by atoms with van der Waals surface area (Å²) in [5, 5.41) is 0. The molecule has 0 rings (SSSR count). The first-order valence-corrected chi connectivity index (χ1v) is 4.85. The molecule has 0 bridgehead atoms. The highest BCUT2D eigenvalue weighted by molar-refractivity contribution is 7.80. The third kappa shape index (κ3) is 5.25. The van der Waals surface area contributed by atoms with Gasteiger partial charge in [0.15, 0.2) is 0 Å². The van der Waals surface area contributed by atoms with Crippen molar-refractivity contribution in [1.82, 2.24) is 0 Å². The molecular weight excluding hydrogens is 164 g/mol. The Bertz CT molecular complexity index is 197. The van der Waals surface area contributed by atoms with Crippen molar-refractivity contribution in [3.63, 3.8) is 0 Å². The predicted octanol–water partition coefficient (Wildman–Crippen LogP) is 3.63. The molecule has 12 heavy (non-hydrogen) atoms. The minimum atomic E-state index is 0.532. The van der Waals surface area contributed by atoms with Crippen molar-refractivity contribution in [3.05, 3.63) is 36.0 Å². The van der Waals surface area contributed by atoms with Crippen LogP contribution in [-0.4, -0.2) is 5.75 Å². The predicted molar refractivity (Wildman–Crippen MR) is 60.7 cm³/mol. The molecule has 1 heteroatoms. The number of hydrogen-bond acceptors (Lipinski definition) is 1. The van der Waals surface area contributed by atoms with Crippen molar-refractivity contribution in [1.29, 1.82) is 0 Å². The average Bonchev–Trinajstić information content (AvgIpc) is 2.00. The van der Waals surface area contributed by atoms with Crippen LogP contribution in [0.5, 0.6) is 0 Å². The topological polar surface area (TPSA) is 0 Å². The van der Waals surface area contributed by atoms with E-state index in [1.807, 2.05) is 6.08 Å². The summed E-state index contributed by atoms with van der Waals surface area (Å²) >= 11 is 4.09. The molecule has 0 unspecified atom stereocenters. The van der Waals surface area contributed by atoms with Crippen LogP contribution in [-0.2, 0) is 0 Å². The Morgan fingerprint density at radius 3 is 2.50 bits per heavy atom. The van der Waals surface area contributed by atoms with Gasteiger partial charge in [0.05, 0.1) is 0 Å². The highest BCUT2D eigenvalue weighted by atomic mass is 32.1. The maximum atomic E-state index is 4.09. The minimum Gasteiger partial charge on any atom is -0.175 e. The van der Waals surface area contributed by atoms with Gasteiger partial charge < -0.3 is 0 Å². The van der Waals surface area contributed by atoms with E-state index in [0.29, 0.717) is 5.92 Å². The van der Waals surface area contributed by atoms with Gasteiger partial charge in [-0.1, -0.05) is 49.8 Å². The molecule has 0 atom stereocenters. The molecular formula is C11H18S. The van der Waals surface area contributed by atoms with Crippen LogP contribution in [0.25, 0.3) is 0 Å². The Hall–Kier alpha value is -0.430. The average molecular weight is 182 g/mol. The van der Waals surface area contributed by atoms with Gasteiger partial charge in [-0.05, 0) is 12.8 Å². The molecule has 0 spiro atoms. The van der Waals surface area contributed by atoms with Gasteiger partial charge in [-0.15, -0.1) is 0 Å². The third-order valence-corrected chi connectivity index (χ3v) is 1.85. The van der Waals surface area contributed by atoms with Gasteiger partial charge in [0.25, 0.3) is 0 Å². The quantitative estimate of drug-likeness (QED) is 0.498. The highest BCUT2D eigenvalue weighted by Crippen LogP contribution is 2.11. The Morgan fingerprint density at radius 1 is 1.50 bits per heavy atom. The largest absolute Gasteiger partial charge is 0.175 e. The molecule has 0 aliphatic rings. The monoisotopic (exact) mass is 182 g/mol. The Balaban J connectivity index is 4.16. The van der Waals surface area contributed by atoms with E-state index in [9.17, 15) is 0 Å². The van der Waals surface area contributed by atoms with E-state index in [2.05, 4.69) is 52.1 Å². The van der Waals surface area contributed by atoms with E-state index in [0.717, 1.165) is 5.75 Å². The fourth-order valence-electron chi connectivity index (χ4n) is 0.746. The molecule has 0 N–H and O–H groups in total. The molecule has 0 aromatic rings. The molecule has 0 saturated carbocycles. The van der Waals surface area contributed by atoms with Gasteiger partial charge in [-0.2, -0.15) is 12.6 Å². The second kappa shape index (κ2) is 6.13. The Kier molecular flexibility index (Phi) is 5.91. The van der Waals surface area contributed by atoms with Crippen molar-refractivity contribution in [2.24, 2.45) is 5.92 Å². The summed E-state index contributed by atoms with van der Waals surface area (Å²) in [4.78, 5) is 0. The smallest absolute Gasteiger partial charge is 0.00857 e. The summed E-state index contributed by atoms with van der Waals surface area (Å²) in [5.74, 6) is 1.32. The van der Waals surface area contributed by atoms with Gasteiger partial charge in [0.2, 0.25) is 0 Å². The lowest BCUT2D eigenvalue weighted by Gasteiger charge is -2.03. The van der Waals surface area contributed by atoms with Gasteiger partial charge in [0.1, 0.15) is 0 Å². The highest BCUT2D eigenvalue weighted by Gasteiger charge is 1.94. The van der Waals surface area contributed by atoms with Crippen molar-refractivity contribution in [2.75, 3.05) is 5.75 Å². The maximum absolute atomic E-state index is 4.09. The lowest BCUT2D eigenvalue weighted by Crippen LogP contribution is -1.88. The number of rotatable bonds is 4. The van der Waals surface area contributed by atoms with E-state index in [-0.39, 0.29) is 0 Å². The zero-order valence-corrected chi connectivity index (χ0v) is 9.07. The van der Waals surface area contributed by atoms with Gasteiger partial charge >= 0.3 is 0 Å². The fourth-order valence-corrected chi connectivity index (χ4v) is 0.851. The minimum absolute atomic E-state index is 0.532. The first-order valence-electron chi connectivity index (χ1n) is 4.22. The second-order valence-corrected chi connectivity index (χ2v) is 3.57. The second-order valence-electron chi connectivity index (χ2n) is 3.20. The van der Waals surface area contributed by atoms with Gasteiger partial charge in [0, 0.05) is 5.75 Å². The summed E-state index contributed by atoms with van der Waals surface area (Å²) in [7, 11) is 0. The molecule has 0 heterocycles. The normalized spacial score (nSPS) is 12.9.